The number of phenolic OH excluding ortho intramolecular Hbond substituents is 2. The Bertz CT molecular complexity index is 493. The largest absolute Gasteiger partial charge is 0.508 e. The Morgan fingerprint density at radius 2 is 1.90 bits per heavy atom. The van der Waals surface area contributed by atoms with Crippen molar-refractivity contribution >= 4 is 5.78 Å². The first-order chi connectivity index (χ1) is 10.0. The van der Waals surface area contributed by atoms with E-state index >= 15 is 0 Å². The van der Waals surface area contributed by atoms with Gasteiger partial charge in [-0.05, 0) is 50.8 Å². The van der Waals surface area contributed by atoms with Gasteiger partial charge in [-0.2, -0.15) is 0 Å². The van der Waals surface area contributed by atoms with Gasteiger partial charge in [0.2, 0.25) is 0 Å². The lowest BCUT2D eigenvalue weighted by Crippen LogP contribution is -2.38. The molecule has 1 aromatic rings. The fraction of sp³-hybridized carbons (Fsp3) is 0.588. The van der Waals surface area contributed by atoms with Crippen molar-refractivity contribution in [2.24, 2.45) is 5.92 Å². The molecule has 1 fully saturated rings. The molecule has 0 aromatic heterocycles. The van der Waals surface area contributed by atoms with Crippen molar-refractivity contribution < 1.29 is 15.0 Å². The number of nitrogens with zero attached hydrogens (tertiary/aromatic N) is 1. The van der Waals surface area contributed by atoms with Crippen LogP contribution in [-0.2, 0) is 0 Å². The molecule has 4 nitrogen and oxygen atoms in total. The van der Waals surface area contributed by atoms with E-state index < -0.39 is 0 Å². The molecule has 2 N–H and O–H groups in total. The predicted molar refractivity (Wildman–Crippen MR) is 82.8 cm³/mol. The van der Waals surface area contributed by atoms with E-state index in [9.17, 15) is 15.0 Å². The van der Waals surface area contributed by atoms with Gasteiger partial charge in [-0.25, -0.2) is 0 Å². The van der Waals surface area contributed by atoms with Crippen molar-refractivity contribution in [1.29, 1.82) is 0 Å². The number of ketones is 1. The number of hydrogen-bond donors (Lipinski definition) is 2. The zero-order valence-corrected chi connectivity index (χ0v) is 12.9. The second kappa shape index (κ2) is 6.94. The monoisotopic (exact) mass is 291 g/mol. The number of aromatic hydroxyl groups is 2. The number of likely N-dealkylation sites (N-methyl/N-ethyl adjacent to an activating group) is 1. The smallest absolute Gasteiger partial charge is 0.180 e. The third-order valence-electron chi connectivity index (χ3n) is 4.69. The van der Waals surface area contributed by atoms with Crippen LogP contribution in [0.4, 0.5) is 0 Å². The third-order valence-corrected chi connectivity index (χ3v) is 4.69. The summed E-state index contributed by atoms with van der Waals surface area (Å²) in [5, 5.41) is 19.0. The molecule has 4 heteroatoms. The normalized spacial score (nSPS) is 22.4. The Hall–Kier alpha value is -1.55. The minimum Gasteiger partial charge on any atom is -0.508 e. The molecule has 21 heavy (non-hydrogen) atoms. The summed E-state index contributed by atoms with van der Waals surface area (Å²) in [5.41, 5.74) is 0.280. The van der Waals surface area contributed by atoms with E-state index in [1.165, 1.54) is 37.5 Å². The fourth-order valence-electron chi connectivity index (χ4n) is 3.19. The van der Waals surface area contributed by atoms with Crippen LogP contribution < -0.4 is 0 Å². The molecule has 0 saturated heterocycles. The Kier molecular flexibility index (Phi) is 5.23. The molecule has 0 bridgehead atoms. The van der Waals surface area contributed by atoms with Gasteiger partial charge < -0.3 is 10.2 Å². The first-order valence-electron chi connectivity index (χ1n) is 7.76. The van der Waals surface area contributed by atoms with E-state index in [4.69, 9.17) is 0 Å². The second-order valence-electron chi connectivity index (χ2n) is 6.12. The lowest BCUT2D eigenvalue weighted by Gasteiger charge is -2.34. The average molecular weight is 291 g/mol. The Morgan fingerprint density at radius 1 is 1.24 bits per heavy atom. The standard InChI is InChI=1S/C17H25NO3/c1-3-12-4-6-13(7-5-12)18(2)11-17(21)15-9-8-14(19)10-16(15)20/h8-10,12-13,19-20H,3-7,11H2,1-2H3. The minimum atomic E-state index is -0.150. The first kappa shape index (κ1) is 15.8. The molecular formula is C17H25NO3. The molecule has 1 aromatic carbocycles. The van der Waals surface area contributed by atoms with Gasteiger partial charge in [0.15, 0.2) is 5.78 Å². The molecule has 2 rings (SSSR count). The van der Waals surface area contributed by atoms with Crippen molar-refractivity contribution in [3.63, 3.8) is 0 Å². The summed E-state index contributed by atoms with van der Waals surface area (Å²) < 4.78 is 0. The highest BCUT2D eigenvalue weighted by molar-refractivity contribution is 6.00. The molecule has 0 unspecified atom stereocenters. The van der Waals surface area contributed by atoms with E-state index in [0.29, 0.717) is 12.6 Å². The van der Waals surface area contributed by atoms with Crippen molar-refractivity contribution in [3.05, 3.63) is 23.8 Å². The van der Waals surface area contributed by atoms with Gasteiger partial charge in [-0.3, -0.25) is 9.69 Å². The van der Waals surface area contributed by atoms with Gasteiger partial charge in [0.25, 0.3) is 0 Å². The quantitative estimate of drug-likeness (QED) is 0.818. The summed E-state index contributed by atoms with van der Waals surface area (Å²) in [4.78, 5) is 14.4. The summed E-state index contributed by atoms with van der Waals surface area (Å²) in [7, 11) is 1.98. The first-order valence-corrected chi connectivity index (χ1v) is 7.76. The van der Waals surface area contributed by atoms with E-state index in [1.807, 2.05) is 7.05 Å². The van der Waals surface area contributed by atoms with Crippen LogP contribution in [0.5, 0.6) is 11.5 Å². The molecule has 0 atom stereocenters. The number of benzene rings is 1. The van der Waals surface area contributed by atoms with E-state index in [-0.39, 0.29) is 22.8 Å². The van der Waals surface area contributed by atoms with Gasteiger partial charge in [0.1, 0.15) is 11.5 Å². The zero-order chi connectivity index (χ0) is 15.4. The Balaban J connectivity index is 1.93. The molecule has 0 spiro atoms. The highest BCUT2D eigenvalue weighted by Crippen LogP contribution is 2.29. The van der Waals surface area contributed by atoms with Crippen LogP contribution in [-0.4, -0.2) is 40.5 Å². The van der Waals surface area contributed by atoms with E-state index in [0.717, 1.165) is 18.8 Å². The summed E-state index contributed by atoms with van der Waals surface area (Å²) in [6.07, 6.45) is 6.01. The maximum absolute atomic E-state index is 12.3. The van der Waals surface area contributed by atoms with Gasteiger partial charge in [0.05, 0.1) is 12.1 Å². The van der Waals surface area contributed by atoms with Crippen molar-refractivity contribution in [2.75, 3.05) is 13.6 Å². The molecule has 0 radical (unpaired) electrons. The van der Waals surface area contributed by atoms with Crippen LogP contribution in [0.25, 0.3) is 0 Å². The van der Waals surface area contributed by atoms with Crippen LogP contribution in [0.2, 0.25) is 0 Å². The van der Waals surface area contributed by atoms with E-state index in [2.05, 4.69) is 11.8 Å². The Labute approximate surface area is 126 Å². The summed E-state index contributed by atoms with van der Waals surface area (Å²) in [5.74, 6) is 0.553. The topological polar surface area (TPSA) is 60.8 Å². The highest BCUT2D eigenvalue weighted by atomic mass is 16.3. The number of carbonyl (C=O) groups is 1. The molecule has 1 aliphatic carbocycles. The third kappa shape index (κ3) is 3.97. The highest BCUT2D eigenvalue weighted by Gasteiger charge is 2.25. The maximum Gasteiger partial charge on any atom is 0.180 e. The molecule has 116 valence electrons. The van der Waals surface area contributed by atoms with Crippen LogP contribution >= 0.6 is 0 Å². The zero-order valence-electron chi connectivity index (χ0n) is 12.9. The summed E-state index contributed by atoms with van der Waals surface area (Å²) in [6, 6.07) is 4.57. The lowest BCUT2D eigenvalue weighted by atomic mass is 9.84. The van der Waals surface area contributed by atoms with Gasteiger partial charge >= 0.3 is 0 Å². The van der Waals surface area contributed by atoms with E-state index in [1.54, 1.807) is 0 Å². The van der Waals surface area contributed by atoms with Crippen LogP contribution in [0.1, 0.15) is 49.4 Å². The molecule has 0 heterocycles. The predicted octanol–water partition coefficient (Wildman–Crippen LogP) is 3.18. The van der Waals surface area contributed by atoms with Crippen molar-refractivity contribution in [2.45, 2.75) is 45.1 Å². The van der Waals surface area contributed by atoms with Crippen LogP contribution in [0.3, 0.4) is 0 Å². The van der Waals surface area contributed by atoms with Crippen LogP contribution in [0.15, 0.2) is 18.2 Å². The second-order valence-corrected chi connectivity index (χ2v) is 6.12. The maximum atomic E-state index is 12.3. The molecular weight excluding hydrogens is 266 g/mol. The molecule has 0 amide bonds. The number of Topliss-reactive ketones (excluding diaryl/α,β-unsaturated/α-hetero) is 1. The van der Waals surface area contributed by atoms with Crippen molar-refractivity contribution in [3.8, 4) is 11.5 Å². The molecule has 1 aliphatic rings. The van der Waals surface area contributed by atoms with Crippen LogP contribution in [0, 0.1) is 5.92 Å². The molecule has 1 saturated carbocycles. The minimum absolute atomic E-state index is 0.0321. The fourth-order valence-corrected chi connectivity index (χ4v) is 3.19. The number of rotatable bonds is 5. The molecule has 0 aliphatic heterocycles. The number of carbonyl (C=O) groups excluding carboxylic acids is 1. The average Bonchev–Trinajstić information content (AvgIpc) is 2.47. The van der Waals surface area contributed by atoms with Gasteiger partial charge in [0, 0.05) is 12.1 Å². The Morgan fingerprint density at radius 3 is 2.48 bits per heavy atom. The van der Waals surface area contributed by atoms with Crippen molar-refractivity contribution in [1.82, 2.24) is 4.90 Å². The summed E-state index contributed by atoms with van der Waals surface area (Å²) >= 11 is 0. The summed E-state index contributed by atoms with van der Waals surface area (Å²) in [6.45, 7) is 2.55. The van der Waals surface area contributed by atoms with Gasteiger partial charge in [-0.15, -0.1) is 0 Å². The lowest BCUT2D eigenvalue weighted by molar-refractivity contribution is 0.0882. The SMILES string of the molecule is CCC1CCC(N(C)CC(=O)c2ccc(O)cc2O)CC1. The number of phenols is 2. The van der Waals surface area contributed by atoms with Gasteiger partial charge in [-0.1, -0.05) is 13.3 Å². The number of hydrogen-bond acceptors (Lipinski definition) is 4.